The Bertz CT molecular complexity index is 468. The Morgan fingerprint density at radius 1 is 1.41 bits per heavy atom. The molecule has 2 rings (SSSR count). The van der Waals surface area contributed by atoms with Crippen molar-refractivity contribution < 1.29 is 4.74 Å². The first-order chi connectivity index (χ1) is 8.25. The number of rotatable bonds is 5. The predicted octanol–water partition coefficient (Wildman–Crippen LogP) is 3.42. The Hall–Kier alpha value is -1.29. The largest absolute Gasteiger partial charge is 0.493 e. The number of aryl methyl sites for hydroxylation is 2. The molecule has 0 fully saturated rings. The molecule has 0 N–H and O–H groups in total. The fourth-order valence-electron chi connectivity index (χ4n) is 1.58. The normalized spacial score (nSPS) is 10.5. The second-order valence-electron chi connectivity index (χ2n) is 3.91. The predicted molar refractivity (Wildman–Crippen MR) is 71.2 cm³/mol. The molecule has 0 aliphatic rings. The van der Waals surface area contributed by atoms with Gasteiger partial charge in [0.05, 0.1) is 12.9 Å². The van der Waals surface area contributed by atoms with E-state index in [1.165, 1.54) is 0 Å². The minimum absolute atomic E-state index is 0.718. The van der Waals surface area contributed by atoms with Crippen LogP contribution in [0.5, 0.6) is 5.75 Å². The third kappa shape index (κ3) is 3.60. The number of hydrogen-bond acceptors (Lipinski definition) is 2. The molecule has 0 atom stereocenters. The van der Waals surface area contributed by atoms with Crippen LogP contribution in [0.1, 0.15) is 12.0 Å². The lowest BCUT2D eigenvalue weighted by atomic mass is 10.2. The van der Waals surface area contributed by atoms with Crippen molar-refractivity contribution in [1.29, 1.82) is 0 Å². The number of imidazole rings is 1. The second kappa shape index (κ2) is 5.87. The quantitative estimate of drug-likeness (QED) is 0.790. The number of hydrogen-bond donors (Lipinski definition) is 0. The van der Waals surface area contributed by atoms with E-state index < -0.39 is 0 Å². The first kappa shape index (κ1) is 12.2. The number of halogens is 1. The molecule has 4 heteroatoms. The summed E-state index contributed by atoms with van der Waals surface area (Å²) in [4.78, 5) is 4.00. The Labute approximate surface area is 110 Å². The SMILES string of the molecule is Cc1ccc(Br)cc1OCCCn1ccnc1. The van der Waals surface area contributed by atoms with E-state index in [-0.39, 0.29) is 0 Å². The van der Waals surface area contributed by atoms with E-state index in [0.717, 1.165) is 35.4 Å². The molecular weight excluding hydrogens is 280 g/mol. The third-order valence-electron chi connectivity index (χ3n) is 2.53. The standard InChI is InChI=1S/C13H15BrN2O/c1-11-3-4-12(14)9-13(11)17-8-2-6-16-7-5-15-10-16/h3-5,7,9-10H,2,6,8H2,1H3. The maximum absolute atomic E-state index is 5.75. The topological polar surface area (TPSA) is 27.1 Å². The van der Waals surface area contributed by atoms with Crippen molar-refractivity contribution in [2.45, 2.75) is 19.9 Å². The van der Waals surface area contributed by atoms with Crippen LogP contribution in [0, 0.1) is 6.92 Å². The van der Waals surface area contributed by atoms with Gasteiger partial charge in [-0.15, -0.1) is 0 Å². The zero-order valence-corrected chi connectivity index (χ0v) is 11.4. The maximum Gasteiger partial charge on any atom is 0.123 e. The molecule has 0 unspecified atom stereocenters. The average molecular weight is 295 g/mol. The minimum Gasteiger partial charge on any atom is -0.493 e. The molecule has 0 spiro atoms. The zero-order valence-electron chi connectivity index (χ0n) is 9.77. The summed E-state index contributed by atoms with van der Waals surface area (Å²) in [6.45, 7) is 3.71. The molecule has 0 aliphatic heterocycles. The molecule has 0 aliphatic carbocycles. The van der Waals surface area contributed by atoms with E-state index in [9.17, 15) is 0 Å². The molecule has 0 amide bonds. The Balaban J connectivity index is 1.80. The molecule has 0 saturated heterocycles. The number of aromatic nitrogens is 2. The summed E-state index contributed by atoms with van der Waals surface area (Å²) < 4.78 is 8.85. The van der Waals surface area contributed by atoms with E-state index in [1.54, 1.807) is 6.20 Å². The number of benzene rings is 1. The maximum atomic E-state index is 5.75. The molecule has 0 radical (unpaired) electrons. The summed E-state index contributed by atoms with van der Waals surface area (Å²) >= 11 is 3.44. The third-order valence-corrected chi connectivity index (χ3v) is 3.02. The fraction of sp³-hybridized carbons (Fsp3) is 0.308. The molecule has 17 heavy (non-hydrogen) atoms. The zero-order chi connectivity index (χ0) is 12.1. The Morgan fingerprint density at radius 3 is 3.06 bits per heavy atom. The van der Waals surface area contributed by atoms with Gasteiger partial charge in [0.2, 0.25) is 0 Å². The van der Waals surface area contributed by atoms with E-state index in [0.29, 0.717) is 0 Å². The van der Waals surface area contributed by atoms with Crippen LogP contribution in [-0.2, 0) is 6.54 Å². The molecule has 3 nitrogen and oxygen atoms in total. The van der Waals surface area contributed by atoms with E-state index >= 15 is 0 Å². The molecule has 1 heterocycles. The van der Waals surface area contributed by atoms with Crippen LogP contribution in [0.3, 0.4) is 0 Å². The molecular formula is C13H15BrN2O. The molecule has 1 aromatic carbocycles. The van der Waals surface area contributed by atoms with Crippen LogP contribution >= 0.6 is 15.9 Å². The van der Waals surface area contributed by atoms with Crippen molar-refractivity contribution >= 4 is 15.9 Å². The fourth-order valence-corrected chi connectivity index (χ4v) is 1.92. The lowest BCUT2D eigenvalue weighted by molar-refractivity contribution is 0.299. The molecule has 0 saturated carbocycles. The van der Waals surface area contributed by atoms with Crippen LogP contribution in [0.2, 0.25) is 0 Å². The van der Waals surface area contributed by atoms with Gasteiger partial charge in [-0.2, -0.15) is 0 Å². The molecule has 90 valence electrons. The van der Waals surface area contributed by atoms with Gasteiger partial charge in [-0.25, -0.2) is 4.98 Å². The highest BCUT2D eigenvalue weighted by Crippen LogP contribution is 2.22. The lowest BCUT2D eigenvalue weighted by Crippen LogP contribution is -2.03. The van der Waals surface area contributed by atoms with Crippen molar-refractivity contribution in [3.63, 3.8) is 0 Å². The summed E-state index contributed by atoms with van der Waals surface area (Å²) in [6, 6.07) is 6.08. The van der Waals surface area contributed by atoms with Gasteiger partial charge in [-0.1, -0.05) is 22.0 Å². The van der Waals surface area contributed by atoms with Crippen LogP contribution in [0.15, 0.2) is 41.4 Å². The van der Waals surface area contributed by atoms with Gasteiger partial charge in [0, 0.05) is 23.4 Å². The van der Waals surface area contributed by atoms with Crippen molar-refractivity contribution in [2.24, 2.45) is 0 Å². The molecule has 1 aromatic heterocycles. The van der Waals surface area contributed by atoms with Crippen molar-refractivity contribution in [3.05, 3.63) is 47.0 Å². The summed E-state index contributed by atoms with van der Waals surface area (Å²) in [5.74, 6) is 0.949. The van der Waals surface area contributed by atoms with Gasteiger partial charge < -0.3 is 9.30 Å². The van der Waals surface area contributed by atoms with E-state index in [1.807, 2.05) is 24.7 Å². The summed E-state index contributed by atoms with van der Waals surface area (Å²) in [7, 11) is 0. The molecule has 2 aromatic rings. The highest BCUT2D eigenvalue weighted by Gasteiger charge is 2.00. The summed E-state index contributed by atoms with van der Waals surface area (Å²) in [5, 5.41) is 0. The van der Waals surface area contributed by atoms with Crippen LogP contribution < -0.4 is 4.74 Å². The van der Waals surface area contributed by atoms with E-state index in [4.69, 9.17) is 4.74 Å². The van der Waals surface area contributed by atoms with Crippen molar-refractivity contribution in [2.75, 3.05) is 6.61 Å². The average Bonchev–Trinajstić information content (AvgIpc) is 2.82. The van der Waals surface area contributed by atoms with Gasteiger partial charge in [0.15, 0.2) is 0 Å². The van der Waals surface area contributed by atoms with Gasteiger partial charge >= 0.3 is 0 Å². The number of ether oxygens (including phenoxy) is 1. The van der Waals surface area contributed by atoms with Crippen LogP contribution in [0.4, 0.5) is 0 Å². The van der Waals surface area contributed by atoms with Crippen molar-refractivity contribution in [3.8, 4) is 5.75 Å². The summed E-state index contributed by atoms with van der Waals surface area (Å²) in [6.07, 6.45) is 6.55. The first-order valence-electron chi connectivity index (χ1n) is 5.60. The lowest BCUT2D eigenvalue weighted by Gasteiger charge is -2.09. The Morgan fingerprint density at radius 2 is 2.29 bits per heavy atom. The highest BCUT2D eigenvalue weighted by atomic mass is 79.9. The van der Waals surface area contributed by atoms with E-state index in [2.05, 4.69) is 38.5 Å². The van der Waals surface area contributed by atoms with Crippen LogP contribution in [0.25, 0.3) is 0 Å². The van der Waals surface area contributed by atoms with Gasteiger partial charge in [-0.3, -0.25) is 0 Å². The van der Waals surface area contributed by atoms with Crippen LogP contribution in [-0.4, -0.2) is 16.2 Å². The highest BCUT2D eigenvalue weighted by molar-refractivity contribution is 9.10. The van der Waals surface area contributed by atoms with Gasteiger partial charge in [0.25, 0.3) is 0 Å². The number of nitrogens with zero attached hydrogens (tertiary/aromatic N) is 2. The van der Waals surface area contributed by atoms with Gasteiger partial charge in [0.1, 0.15) is 5.75 Å². The second-order valence-corrected chi connectivity index (χ2v) is 4.83. The van der Waals surface area contributed by atoms with Crippen molar-refractivity contribution in [1.82, 2.24) is 9.55 Å². The van der Waals surface area contributed by atoms with Gasteiger partial charge in [-0.05, 0) is 31.0 Å². The first-order valence-corrected chi connectivity index (χ1v) is 6.40. The minimum atomic E-state index is 0.718. The molecule has 0 bridgehead atoms. The Kier molecular flexibility index (Phi) is 4.20. The smallest absolute Gasteiger partial charge is 0.123 e. The monoisotopic (exact) mass is 294 g/mol. The summed E-state index contributed by atoms with van der Waals surface area (Å²) in [5.41, 5.74) is 1.16.